The molecule has 244 valence electrons. The smallest absolute Gasteiger partial charge is 0.408 e. The number of hydrogen-bond acceptors (Lipinski definition) is 5. The predicted octanol–water partition coefficient (Wildman–Crippen LogP) is 6.85. The summed E-state index contributed by atoms with van der Waals surface area (Å²) in [5.41, 5.74) is 0.268. The number of aromatic nitrogens is 1. The normalized spacial score (nSPS) is 29.7. The first-order valence-electron chi connectivity index (χ1n) is 16.3. The Morgan fingerprint density at radius 2 is 1.74 bits per heavy atom. The van der Waals surface area contributed by atoms with Crippen molar-refractivity contribution in [2.45, 2.75) is 82.1 Å². The maximum atomic E-state index is 14.5. The van der Waals surface area contributed by atoms with Gasteiger partial charge >= 0.3 is 12.1 Å². The number of H-pyrrole nitrogens is 1. The van der Waals surface area contributed by atoms with Crippen molar-refractivity contribution in [2.24, 2.45) is 23.7 Å². The number of carbonyl (C=O) groups is 3. The summed E-state index contributed by atoms with van der Waals surface area (Å²) in [4.78, 5) is 45.4. The second-order valence-electron chi connectivity index (χ2n) is 14.0. The maximum absolute atomic E-state index is 14.5. The van der Waals surface area contributed by atoms with Crippen LogP contribution in [0.15, 0.2) is 48.7 Å². The van der Waals surface area contributed by atoms with Crippen molar-refractivity contribution >= 4 is 52.1 Å². The average molecular weight is 669 g/mol. The van der Waals surface area contributed by atoms with Crippen molar-refractivity contribution in [1.29, 1.82) is 0 Å². The van der Waals surface area contributed by atoms with E-state index in [1.807, 2.05) is 30.5 Å². The molecule has 4 bridgehead atoms. The number of aliphatic carboxylic acids is 1. The molecule has 2 heterocycles. The number of fused-ring (bicyclic) bond motifs is 1. The van der Waals surface area contributed by atoms with Crippen molar-refractivity contribution in [2.75, 3.05) is 6.54 Å². The topological polar surface area (TPSA) is 121 Å². The van der Waals surface area contributed by atoms with Crippen molar-refractivity contribution < 1.29 is 29.0 Å². The molecule has 4 aliphatic carbocycles. The van der Waals surface area contributed by atoms with Gasteiger partial charge in [0.15, 0.2) is 0 Å². The Labute approximate surface area is 277 Å². The number of halogens is 2. The zero-order valence-electron chi connectivity index (χ0n) is 25.7. The zero-order valence-corrected chi connectivity index (χ0v) is 27.2. The lowest BCUT2D eigenvalue weighted by Gasteiger charge is -2.53. The highest BCUT2D eigenvalue weighted by Crippen LogP contribution is 2.54. The number of hydrogen-bond donors (Lipinski definition) is 3. The number of ether oxygens (including phenoxy) is 2. The first-order chi connectivity index (χ1) is 22.1. The molecule has 4 saturated carbocycles. The second kappa shape index (κ2) is 12.3. The Bertz CT molecular complexity index is 1630. The van der Waals surface area contributed by atoms with Crippen LogP contribution in [-0.4, -0.2) is 63.3 Å². The third-order valence-electron chi connectivity index (χ3n) is 10.7. The molecule has 46 heavy (non-hydrogen) atoms. The molecular formula is C35H39Cl2N3O6. The van der Waals surface area contributed by atoms with Crippen LogP contribution in [-0.2, 0) is 20.7 Å². The molecule has 1 aromatic heterocycles. The van der Waals surface area contributed by atoms with E-state index in [0.717, 1.165) is 54.0 Å². The molecule has 3 aromatic rings. The van der Waals surface area contributed by atoms with Crippen LogP contribution < -0.4 is 10.1 Å². The fourth-order valence-electron chi connectivity index (χ4n) is 8.86. The summed E-state index contributed by atoms with van der Waals surface area (Å²) in [7, 11) is 0. The minimum atomic E-state index is -1.48. The molecule has 5 fully saturated rings. The molecule has 1 aliphatic heterocycles. The molecule has 1 saturated heterocycles. The number of aromatic amines is 1. The first kappa shape index (κ1) is 31.2. The number of rotatable bonds is 8. The van der Waals surface area contributed by atoms with E-state index in [9.17, 15) is 19.5 Å². The van der Waals surface area contributed by atoms with Crippen LogP contribution in [0, 0.1) is 23.7 Å². The van der Waals surface area contributed by atoms with Gasteiger partial charge in [-0.25, -0.2) is 9.59 Å². The highest BCUT2D eigenvalue weighted by Gasteiger charge is 2.51. The lowest BCUT2D eigenvalue weighted by Crippen LogP contribution is -2.64. The minimum Gasteiger partial charge on any atom is -0.489 e. The molecule has 3 atom stereocenters. The molecule has 11 heteroatoms. The van der Waals surface area contributed by atoms with Gasteiger partial charge in [-0.15, -0.1) is 0 Å². The summed E-state index contributed by atoms with van der Waals surface area (Å²) in [6, 6.07) is 11.5. The summed E-state index contributed by atoms with van der Waals surface area (Å²) >= 11 is 12.3. The van der Waals surface area contributed by atoms with Gasteiger partial charge in [0.05, 0.1) is 5.02 Å². The van der Waals surface area contributed by atoms with Crippen LogP contribution in [0.3, 0.4) is 0 Å². The van der Waals surface area contributed by atoms with E-state index in [4.69, 9.17) is 32.7 Å². The molecular weight excluding hydrogens is 629 g/mol. The molecule has 5 aliphatic rings. The fourth-order valence-corrected chi connectivity index (χ4v) is 9.32. The zero-order chi connectivity index (χ0) is 32.2. The fraction of sp³-hybridized carbons (Fsp3) is 0.514. The Morgan fingerprint density at radius 1 is 1.02 bits per heavy atom. The average Bonchev–Trinajstić information content (AvgIpc) is 3.41. The summed E-state index contributed by atoms with van der Waals surface area (Å²) in [6.07, 6.45) is 6.82. The Balaban J connectivity index is 1.12. The number of para-hydroxylation sites is 1. The number of carboxylic acid groups (broad SMARTS) is 1. The van der Waals surface area contributed by atoms with Crippen LogP contribution in [0.4, 0.5) is 4.79 Å². The lowest BCUT2D eigenvalue weighted by atomic mass is 9.55. The number of carboxylic acids is 1. The third-order valence-corrected chi connectivity index (χ3v) is 11.3. The SMILES string of the molecule is C[C@](Cc1c[nH]c2ccccc12)(NC(=O)OC1C2CC3CC(C2)CC1C3)C(=O)N1CC[C@@H](Oc2ccc(Cl)cc2Cl)C[C@H]1C(=O)O. The summed E-state index contributed by atoms with van der Waals surface area (Å²) < 4.78 is 12.2. The number of nitrogens with one attached hydrogen (secondary N) is 2. The van der Waals surface area contributed by atoms with Gasteiger partial charge in [-0.05, 0) is 92.5 Å². The molecule has 2 aromatic carbocycles. The van der Waals surface area contributed by atoms with E-state index >= 15 is 0 Å². The molecule has 3 N–H and O–H groups in total. The number of carbonyl (C=O) groups excluding carboxylic acids is 2. The van der Waals surface area contributed by atoms with E-state index in [1.54, 1.807) is 25.1 Å². The van der Waals surface area contributed by atoms with Crippen molar-refractivity contribution in [1.82, 2.24) is 15.2 Å². The number of alkyl carbamates (subject to hydrolysis) is 1. The monoisotopic (exact) mass is 667 g/mol. The van der Waals surface area contributed by atoms with Gasteiger partial charge in [-0.2, -0.15) is 0 Å². The van der Waals surface area contributed by atoms with Crippen molar-refractivity contribution in [3.63, 3.8) is 0 Å². The third kappa shape index (κ3) is 6.04. The van der Waals surface area contributed by atoms with Gasteiger partial charge in [-0.1, -0.05) is 41.4 Å². The molecule has 0 radical (unpaired) electrons. The Hall–Kier alpha value is -3.43. The number of amides is 2. The van der Waals surface area contributed by atoms with E-state index in [0.29, 0.717) is 34.1 Å². The van der Waals surface area contributed by atoms with E-state index < -0.39 is 35.7 Å². The van der Waals surface area contributed by atoms with Gasteiger partial charge in [-0.3, -0.25) is 4.79 Å². The largest absolute Gasteiger partial charge is 0.489 e. The molecule has 2 amide bonds. The number of nitrogens with zero attached hydrogens (tertiary/aromatic N) is 1. The van der Waals surface area contributed by atoms with Crippen LogP contribution in [0.5, 0.6) is 5.75 Å². The number of benzene rings is 2. The van der Waals surface area contributed by atoms with Crippen LogP contribution >= 0.6 is 23.2 Å². The van der Waals surface area contributed by atoms with E-state index in [1.165, 1.54) is 11.3 Å². The number of likely N-dealkylation sites (tertiary alicyclic amines) is 1. The second-order valence-corrected chi connectivity index (χ2v) is 14.8. The standard InChI is InChI=1S/C35H39Cl2N3O6/c1-35(17-23-18-38-28-5-3-2-4-26(23)28,39-34(44)46-31-21-11-19-10-20(13-21)14-22(31)12-19)33(43)40-9-8-25(16-29(40)32(41)42)45-30-7-6-24(36)15-27(30)37/h2-7,15,18-22,25,29,31,38H,8-14,16-17H2,1H3,(H,39,44)(H,41,42)/t19?,20?,21?,22?,25-,29+,31?,35-/m1/s1. The highest BCUT2D eigenvalue weighted by molar-refractivity contribution is 6.35. The van der Waals surface area contributed by atoms with Gasteiger partial charge < -0.3 is 29.8 Å². The quantitative estimate of drug-likeness (QED) is 0.242. The van der Waals surface area contributed by atoms with Gasteiger partial charge in [0.1, 0.15) is 29.5 Å². The molecule has 8 rings (SSSR count). The van der Waals surface area contributed by atoms with Crippen LogP contribution in [0.1, 0.15) is 57.4 Å². The van der Waals surface area contributed by atoms with Gasteiger partial charge in [0.25, 0.3) is 0 Å². The highest BCUT2D eigenvalue weighted by atomic mass is 35.5. The van der Waals surface area contributed by atoms with E-state index in [-0.39, 0.29) is 25.5 Å². The lowest BCUT2D eigenvalue weighted by molar-refractivity contribution is -0.157. The molecule has 9 nitrogen and oxygen atoms in total. The van der Waals surface area contributed by atoms with Gasteiger partial charge in [0, 0.05) is 47.9 Å². The summed E-state index contributed by atoms with van der Waals surface area (Å²) in [6.45, 7) is 1.80. The van der Waals surface area contributed by atoms with Crippen molar-refractivity contribution in [3.05, 3.63) is 64.3 Å². The summed E-state index contributed by atoms with van der Waals surface area (Å²) in [5.74, 6) is 0.969. The van der Waals surface area contributed by atoms with Crippen LogP contribution in [0.25, 0.3) is 10.9 Å². The maximum Gasteiger partial charge on any atom is 0.408 e. The van der Waals surface area contributed by atoms with Crippen molar-refractivity contribution in [3.8, 4) is 5.75 Å². The van der Waals surface area contributed by atoms with Crippen LogP contribution in [0.2, 0.25) is 10.0 Å². The van der Waals surface area contributed by atoms with E-state index in [2.05, 4.69) is 10.3 Å². The Morgan fingerprint density at radius 3 is 2.43 bits per heavy atom. The Kier molecular flexibility index (Phi) is 8.34. The van der Waals surface area contributed by atoms with Gasteiger partial charge in [0.2, 0.25) is 5.91 Å². The molecule has 0 spiro atoms. The molecule has 0 unspecified atom stereocenters. The predicted molar refractivity (Wildman–Crippen MR) is 174 cm³/mol. The summed E-state index contributed by atoms with van der Waals surface area (Å²) in [5, 5.41) is 15.0. The number of piperidine rings is 1. The first-order valence-corrected chi connectivity index (χ1v) is 17.0. The minimum absolute atomic E-state index is 0.0570.